The van der Waals surface area contributed by atoms with Crippen LogP contribution in [0.4, 0.5) is 11.4 Å². The quantitative estimate of drug-likeness (QED) is 0.119. The molecule has 0 saturated carbocycles. The van der Waals surface area contributed by atoms with Crippen LogP contribution in [0.5, 0.6) is 0 Å². The molecule has 32 nitrogen and oxygen atoms in total. The van der Waals surface area contributed by atoms with Crippen LogP contribution >= 0.6 is 0 Å². The molecule has 141 heavy (non-hydrogen) atoms. The Labute approximate surface area is 813 Å². The molecule has 0 aliphatic carbocycles. The number of anilines is 2. The lowest BCUT2D eigenvalue weighted by atomic mass is 9.90. The lowest BCUT2D eigenvalue weighted by molar-refractivity contribution is 0.222. The minimum absolute atomic E-state index is 0.0442. The number of nitrogens with zero attached hydrogens (tertiary/aromatic N) is 26. The molecule has 0 amide bonds. The summed E-state index contributed by atoms with van der Waals surface area (Å²) in [6, 6.07) is 48.0. The first-order valence-electron chi connectivity index (χ1n) is 49.0. The Morgan fingerprint density at radius 3 is 0.816 bits per heavy atom. The van der Waals surface area contributed by atoms with Gasteiger partial charge in [0.1, 0.15) is 56.5 Å². The van der Waals surface area contributed by atoms with Crippen LogP contribution in [0.25, 0.3) is 113 Å². The van der Waals surface area contributed by atoms with Gasteiger partial charge in [0.05, 0.1) is 68.3 Å². The Morgan fingerprint density at radius 1 is 0.262 bits per heavy atom. The van der Waals surface area contributed by atoms with Crippen molar-refractivity contribution < 1.29 is 0 Å². The number of pyridine rings is 10. The topological polar surface area (TPSA) is 290 Å². The Hall–Kier alpha value is -15.4. The van der Waals surface area contributed by atoms with Gasteiger partial charge < -0.3 is 56.7 Å². The number of imidazole rings is 5. The number of aryl methyl sites for hydroxylation is 5. The third-order valence-corrected chi connectivity index (χ3v) is 28.3. The maximum atomic E-state index is 12.9. The molecule has 0 spiro atoms. The highest BCUT2D eigenvalue weighted by atomic mass is 16.1. The Bertz CT molecular complexity index is 8040. The third-order valence-electron chi connectivity index (χ3n) is 28.3. The van der Waals surface area contributed by atoms with Crippen molar-refractivity contribution >= 4 is 67.8 Å². The second-order valence-electron chi connectivity index (χ2n) is 38.0. The van der Waals surface area contributed by atoms with Gasteiger partial charge in [0.2, 0.25) is 0 Å². The molecule has 20 aromatic heterocycles. The van der Waals surface area contributed by atoms with Gasteiger partial charge >= 0.3 is 0 Å². The van der Waals surface area contributed by atoms with Gasteiger partial charge in [-0.05, 0) is 277 Å². The number of fused-ring (bicyclic) bond motifs is 10. The van der Waals surface area contributed by atoms with E-state index < -0.39 is 0 Å². The summed E-state index contributed by atoms with van der Waals surface area (Å²) in [6.45, 7) is 31.0. The molecule has 25 rings (SSSR count). The number of likely N-dealkylation sites (tertiary alicyclic amines) is 2. The summed E-state index contributed by atoms with van der Waals surface area (Å²) in [7, 11) is 4.30. The monoisotopic (exact) mass is 1880 g/mol. The zero-order valence-corrected chi connectivity index (χ0v) is 81.1. The number of rotatable bonds is 12. The fourth-order valence-electron chi connectivity index (χ4n) is 20.2. The van der Waals surface area contributed by atoms with Gasteiger partial charge in [-0.1, -0.05) is 32.0 Å². The van der Waals surface area contributed by atoms with Crippen LogP contribution in [0.1, 0.15) is 115 Å². The molecule has 0 bridgehead atoms. The number of hydrogen-bond acceptors (Lipinski definition) is 22. The van der Waals surface area contributed by atoms with Crippen molar-refractivity contribution in [2.75, 3.05) is 129 Å². The highest BCUT2D eigenvalue weighted by molar-refractivity contribution is 5.72. The smallest absolute Gasteiger partial charge is 0.258 e. The fourth-order valence-corrected chi connectivity index (χ4v) is 20.2. The number of aromatic nitrogens is 20. The molecule has 5 saturated heterocycles. The molecule has 0 atom stereocenters. The van der Waals surface area contributed by atoms with Gasteiger partial charge in [-0.2, -0.15) is 0 Å². The highest BCUT2D eigenvalue weighted by Crippen LogP contribution is 2.34. The summed E-state index contributed by atoms with van der Waals surface area (Å²) in [5.74, 6) is 1.53. The second-order valence-corrected chi connectivity index (χ2v) is 38.0. The van der Waals surface area contributed by atoms with E-state index in [1.807, 2.05) is 241 Å². The molecule has 5 fully saturated rings. The number of nitrogens with one attached hydrogen (secondary N) is 1. The molecule has 20 aromatic rings. The molecule has 716 valence electrons. The molecular formula is C109H115N27O5. The van der Waals surface area contributed by atoms with E-state index in [0.29, 0.717) is 74.5 Å². The van der Waals surface area contributed by atoms with Crippen molar-refractivity contribution in [1.29, 1.82) is 0 Å². The van der Waals surface area contributed by atoms with Crippen molar-refractivity contribution in [3.8, 4) is 56.3 Å². The molecule has 0 radical (unpaired) electrons. The van der Waals surface area contributed by atoms with E-state index in [1.54, 1.807) is 52.3 Å². The normalized spacial score (nSPS) is 15.8. The molecule has 1 N–H and O–H groups in total. The lowest BCUT2D eigenvalue weighted by Gasteiger charge is -2.35. The zero-order chi connectivity index (χ0) is 96.8. The first-order valence-corrected chi connectivity index (χ1v) is 49.0. The summed E-state index contributed by atoms with van der Waals surface area (Å²) in [5, 5.41) is 3.39. The summed E-state index contributed by atoms with van der Waals surface area (Å²) in [4.78, 5) is 125. The molecule has 25 heterocycles. The summed E-state index contributed by atoms with van der Waals surface area (Å²) < 4.78 is 18.2. The number of hydrogen-bond donors (Lipinski definition) is 1. The zero-order valence-electron chi connectivity index (χ0n) is 81.1. The van der Waals surface area contributed by atoms with E-state index in [9.17, 15) is 24.0 Å². The van der Waals surface area contributed by atoms with Gasteiger partial charge in [0.25, 0.3) is 27.8 Å². The molecule has 0 unspecified atom stereocenters. The van der Waals surface area contributed by atoms with Crippen molar-refractivity contribution in [1.82, 2.24) is 119 Å². The van der Waals surface area contributed by atoms with Crippen LogP contribution in [0.2, 0.25) is 0 Å². The van der Waals surface area contributed by atoms with Crippen LogP contribution in [0.15, 0.2) is 269 Å². The summed E-state index contributed by atoms with van der Waals surface area (Å²) in [5.41, 5.74) is 25.8. The van der Waals surface area contributed by atoms with E-state index in [1.165, 1.54) is 16.7 Å². The van der Waals surface area contributed by atoms with Crippen LogP contribution in [-0.4, -0.2) is 232 Å². The Morgan fingerprint density at radius 2 is 0.518 bits per heavy atom. The minimum atomic E-state index is -0.0737. The molecular weight excluding hydrogens is 1770 g/mol. The maximum absolute atomic E-state index is 12.9. The number of likely N-dealkylation sites (N-methyl/N-ethyl adjacent to an activating group) is 2. The van der Waals surface area contributed by atoms with Crippen molar-refractivity contribution in [2.45, 2.75) is 105 Å². The maximum Gasteiger partial charge on any atom is 0.258 e. The SMILES string of the molecule is CCN1CCC(c2ccc3nc(-c4ccn5cc(C)nc5c4)cc(=O)n3c2)CC1.CCN1CCN(c2ccc3nc(-c4ccn5cc(C)nc5c4)cc(=O)n3c2)CC1.Cc1cn2ccc(-c3cc(=O)n4cc(C5CCN(C)CC5)ccc4n3)cc2n1.Cc1cn2ccc(-c3cc(=O)n4cc(C5CCNCC5)ccc4n3)cc2n1.Cc1cn2ccc(-c3cc(=O)n4cc(N5CCN(C)CC5)ccc4n3)cc2n1. The van der Waals surface area contributed by atoms with E-state index in [0.717, 1.165) is 239 Å². The molecule has 0 aromatic carbocycles. The van der Waals surface area contributed by atoms with Gasteiger partial charge in [-0.3, -0.25) is 46.0 Å². The molecule has 5 aliphatic heterocycles. The third kappa shape index (κ3) is 19.9. The van der Waals surface area contributed by atoms with Gasteiger partial charge in [0, 0.05) is 203 Å². The predicted octanol–water partition coefficient (Wildman–Crippen LogP) is 14.0. The fraction of sp³-hybridized carbons (Fsp3) is 0.312. The standard InChI is InChI=1S/C23H25N5O.C22H24N6O.C22H23N5O.C21H22N6O.C21H21N5O/c1-3-26-9-6-17(7-10-26)19-4-5-21-25-20(13-23(29)28(21)15-19)18-8-11-27-14-16(2)24-22(27)12-18;1-3-25-8-10-26(11-9-25)18-4-5-20-24-19(13-22(29)28(20)15-18)17-6-7-27-14-16(2)23-21(27)12-17;1-15-13-26-10-7-17(11-21(26)23-15)19-12-22(28)27-14-18(3-4-20(27)24-19)16-5-8-25(2)9-6-16;1-15-13-26-6-5-16(11-20(26)22-15)18-12-21(28)27-14-17(3-4-19(27)23-18)25-9-7-24(2)8-10-25;1-14-12-25-9-6-16(10-20(25)23-14)18-11-21(27)26-13-17(2-3-19(26)24-18)15-4-7-22-8-5-15/h4-5,8,11-15,17H,3,6-7,9-10H2,1-2H3;4-7,12-15H,3,8-11H2,1-2H3;3-4,7,10-14,16H,5-6,8-9H2,1-2H3;3-6,11-14H,7-10H2,1-2H3;2-3,6,9-13,15,22H,4-5,7-8H2,1H3. The van der Waals surface area contributed by atoms with Crippen molar-refractivity contribution in [3.63, 3.8) is 0 Å². The van der Waals surface area contributed by atoms with Gasteiger partial charge in [-0.25, -0.2) is 49.8 Å². The highest BCUT2D eigenvalue weighted by Gasteiger charge is 2.26. The number of piperidine rings is 3. The Balaban J connectivity index is 0.000000104. The predicted molar refractivity (Wildman–Crippen MR) is 554 cm³/mol. The summed E-state index contributed by atoms with van der Waals surface area (Å²) >= 11 is 0. The van der Waals surface area contributed by atoms with Crippen LogP contribution in [-0.2, 0) is 0 Å². The van der Waals surface area contributed by atoms with Crippen LogP contribution in [0.3, 0.4) is 0 Å². The molecule has 32 heteroatoms. The van der Waals surface area contributed by atoms with E-state index in [2.05, 4.69) is 118 Å². The first-order chi connectivity index (χ1) is 68.5. The van der Waals surface area contributed by atoms with Crippen LogP contribution < -0.4 is 42.9 Å². The Kier molecular flexibility index (Phi) is 25.8. The first kappa shape index (κ1) is 92.0. The molecule has 5 aliphatic rings. The lowest BCUT2D eigenvalue weighted by Crippen LogP contribution is -2.46. The van der Waals surface area contributed by atoms with Gasteiger partial charge in [-0.15, -0.1) is 0 Å². The summed E-state index contributed by atoms with van der Waals surface area (Å²) in [6.07, 6.45) is 36.2. The van der Waals surface area contributed by atoms with E-state index in [-0.39, 0.29) is 27.8 Å². The minimum Gasteiger partial charge on any atom is -0.368 e. The van der Waals surface area contributed by atoms with E-state index in [4.69, 9.17) is 24.9 Å². The van der Waals surface area contributed by atoms with Crippen LogP contribution in [0, 0.1) is 34.6 Å². The average Bonchev–Trinajstić information content (AvgIpc) is 1.12. The second kappa shape index (κ2) is 39.5. The average molecular weight is 1880 g/mol. The number of piperazine rings is 2. The largest absolute Gasteiger partial charge is 0.368 e. The van der Waals surface area contributed by atoms with Crippen molar-refractivity contribution in [2.24, 2.45) is 0 Å². The van der Waals surface area contributed by atoms with Gasteiger partial charge in [0.15, 0.2) is 0 Å². The van der Waals surface area contributed by atoms with E-state index >= 15 is 0 Å². The van der Waals surface area contributed by atoms with Crippen molar-refractivity contribution in [3.05, 3.63) is 342 Å².